The minimum atomic E-state index is -1.25. The monoisotopic (exact) mass is 468 g/mol. The van der Waals surface area contributed by atoms with Crippen LogP contribution in [0.1, 0.15) is 79.6 Å². The smallest absolute Gasteiger partial charge is 0.371 e. The van der Waals surface area contributed by atoms with Crippen LogP contribution in [0.5, 0.6) is 0 Å². The maximum atomic E-state index is 13.9. The molecule has 0 bridgehead atoms. The Kier molecular flexibility index (Phi) is 9.17. The highest BCUT2D eigenvalue weighted by molar-refractivity contribution is 5.79. The lowest BCUT2D eigenvalue weighted by atomic mass is 9.87. The molecule has 8 heteroatoms. The van der Waals surface area contributed by atoms with Gasteiger partial charge in [0.15, 0.2) is 0 Å². The molecule has 2 aliphatic heterocycles. The molecule has 1 unspecified atom stereocenters. The predicted molar refractivity (Wildman–Crippen MR) is 124 cm³/mol. The van der Waals surface area contributed by atoms with Gasteiger partial charge >= 0.3 is 11.9 Å². The second-order valence-corrected chi connectivity index (χ2v) is 10.5. The number of ether oxygens (including phenoxy) is 4. The summed E-state index contributed by atoms with van der Waals surface area (Å²) in [5.41, 5.74) is -0.619. The van der Waals surface area contributed by atoms with E-state index in [-0.39, 0.29) is 30.1 Å². The highest BCUT2D eigenvalue weighted by Gasteiger charge is 2.57. The summed E-state index contributed by atoms with van der Waals surface area (Å²) in [6.45, 7) is 13.6. The van der Waals surface area contributed by atoms with E-state index in [1.165, 1.54) is 0 Å². The first-order valence-electron chi connectivity index (χ1n) is 12.9. The minimum absolute atomic E-state index is 0.0818. The second-order valence-electron chi connectivity index (χ2n) is 10.5. The Hall–Kier alpha value is -1.22. The van der Waals surface area contributed by atoms with E-state index in [0.717, 1.165) is 64.6 Å². The summed E-state index contributed by atoms with van der Waals surface area (Å²) in [7, 11) is 0. The van der Waals surface area contributed by atoms with Gasteiger partial charge < -0.3 is 18.9 Å². The van der Waals surface area contributed by atoms with Gasteiger partial charge in [-0.15, -0.1) is 0 Å². The summed E-state index contributed by atoms with van der Waals surface area (Å²) in [4.78, 5) is 30.4. The van der Waals surface area contributed by atoms with E-state index >= 15 is 0 Å². The average molecular weight is 469 g/mol. The first kappa shape index (κ1) is 26.4. The van der Waals surface area contributed by atoms with E-state index in [2.05, 4.69) is 9.80 Å². The van der Waals surface area contributed by atoms with Gasteiger partial charge in [0.25, 0.3) is 5.85 Å². The maximum Gasteiger partial charge on any atom is 0.371 e. The van der Waals surface area contributed by atoms with Gasteiger partial charge in [-0.3, -0.25) is 14.6 Å². The molecule has 1 aliphatic carbocycles. The van der Waals surface area contributed by atoms with E-state index in [1.54, 1.807) is 0 Å². The molecule has 8 nitrogen and oxygen atoms in total. The van der Waals surface area contributed by atoms with Crippen molar-refractivity contribution in [1.82, 2.24) is 9.80 Å². The maximum absolute atomic E-state index is 13.9. The summed E-state index contributed by atoms with van der Waals surface area (Å²) in [6.07, 6.45) is 5.79. The molecule has 3 fully saturated rings. The standard InChI is InChI=1S/C25H44N2O6/c1-6-30-21-14-17-27(18-21)25(26-15-8-9-16-26,23(29)33-24(3,4)5)32-20-12-10-19(11-13-20)22(28)31-7-2/h19-21H,6-18H2,1-5H3/t19-,20-,21-,25?/m1/s1. The topological polar surface area (TPSA) is 77.5 Å². The third-order valence-corrected chi connectivity index (χ3v) is 6.80. The lowest BCUT2D eigenvalue weighted by Gasteiger charge is -2.48. The lowest BCUT2D eigenvalue weighted by molar-refractivity contribution is -0.275. The molecule has 0 spiro atoms. The van der Waals surface area contributed by atoms with E-state index in [0.29, 0.717) is 19.8 Å². The van der Waals surface area contributed by atoms with Crippen molar-refractivity contribution in [2.45, 2.75) is 103 Å². The summed E-state index contributed by atoms with van der Waals surface area (Å²) >= 11 is 0. The van der Waals surface area contributed by atoms with E-state index in [9.17, 15) is 9.59 Å². The van der Waals surface area contributed by atoms with Crippen molar-refractivity contribution in [3.05, 3.63) is 0 Å². The summed E-state index contributed by atoms with van der Waals surface area (Å²) < 4.78 is 24.0. The Morgan fingerprint density at radius 2 is 1.52 bits per heavy atom. The highest BCUT2D eigenvalue weighted by Crippen LogP contribution is 2.38. The Labute approximate surface area is 199 Å². The number of likely N-dealkylation sites (tertiary alicyclic amines) is 2. The molecule has 0 N–H and O–H groups in total. The zero-order chi connectivity index (χ0) is 24.1. The average Bonchev–Trinajstić information content (AvgIpc) is 3.44. The van der Waals surface area contributed by atoms with Crippen LogP contribution < -0.4 is 0 Å². The lowest BCUT2D eigenvalue weighted by Crippen LogP contribution is -2.68. The van der Waals surface area contributed by atoms with Crippen LogP contribution in [0.3, 0.4) is 0 Å². The SMILES string of the molecule is CCOC(=O)[C@H]1CC[C@H](OC(C(=O)OC(C)(C)C)(N2CCCC2)N2CC[C@@H](OCC)C2)CC1. The van der Waals surface area contributed by atoms with Crippen LogP contribution in [-0.4, -0.2) is 84.8 Å². The summed E-state index contributed by atoms with van der Waals surface area (Å²) in [5, 5.41) is 0. The van der Waals surface area contributed by atoms with Crippen LogP contribution in [0.2, 0.25) is 0 Å². The molecular formula is C25H44N2O6. The highest BCUT2D eigenvalue weighted by atomic mass is 16.6. The molecule has 1 saturated carbocycles. The van der Waals surface area contributed by atoms with Gasteiger partial charge in [0.05, 0.1) is 24.7 Å². The minimum Gasteiger partial charge on any atom is -0.466 e. The Balaban J connectivity index is 1.84. The molecule has 190 valence electrons. The number of esters is 2. The number of carbonyl (C=O) groups is 2. The van der Waals surface area contributed by atoms with Gasteiger partial charge in [0, 0.05) is 32.8 Å². The number of nitrogens with zero attached hydrogens (tertiary/aromatic N) is 2. The largest absolute Gasteiger partial charge is 0.466 e. The molecule has 3 aliphatic rings. The van der Waals surface area contributed by atoms with Crippen molar-refractivity contribution in [3.63, 3.8) is 0 Å². The molecule has 0 amide bonds. The molecular weight excluding hydrogens is 424 g/mol. The van der Waals surface area contributed by atoms with Crippen molar-refractivity contribution in [3.8, 4) is 0 Å². The van der Waals surface area contributed by atoms with Crippen molar-refractivity contribution < 1.29 is 28.5 Å². The predicted octanol–water partition coefficient (Wildman–Crippen LogP) is 3.33. The van der Waals surface area contributed by atoms with Gasteiger partial charge in [0.2, 0.25) is 0 Å². The quantitative estimate of drug-likeness (QED) is 0.477. The fraction of sp³-hybridized carbons (Fsp3) is 0.920. The third-order valence-electron chi connectivity index (χ3n) is 6.80. The summed E-state index contributed by atoms with van der Waals surface area (Å²) in [6, 6.07) is 0. The van der Waals surface area contributed by atoms with Crippen molar-refractivity contribution >= 4 is 11.9 Å². The Morgan fingerprint density at radius 1 is 0.848 bits per heavy atom. The van der Waals surface area contributed by atoms with Crippen LogP contribution in [0.15, 0.2) is 0 Å². The van der Waals surface area contributed by atoms with Crippen LogP contribution >= 0.6 is 0 Å². The molecule has 3 rings (SSSR count). The Bertz CT molecular complexity index is 652. The number of rotatable bonds is 9. The van der Waals surface area contributed by atoms with Crippen LogP contribution in [0, 0.1) is 5.92 Å². The molecule has 0 radical (unpaired) electrons. The van der Waals surface area contributed by atoms with Gasteiger partial charge in [-0.1, -0.05) is 0 Å². The third kappa shape index (κ3) is 6.47. The molecule has 33 heavy (non-hydrogen) atoms. The fourth-order valence-corrected chi connectivity index (χ4v) is 5.30. The fourth-order valence-electron chi connectivity index (χ4n) is 5.30. The van der Waals surface area contributed by atoms with Crippen molar-refractivity contribution in [2.24, 2.45) is 5.92 Å². The molecule has 2 atom stereocenters. The van der Waals surface area contributed by atoms with E-state index in [4.69, 9.17) is 18.9 Å². The zero-order valence-corrected chi connectivity index (χ0v) is 21.3. The molecule has 2 saturated heterocycles. The van der Waals surface area contributed by atoms with Crippen LogP contribution in [0.4, 0.5) is 0 Å². The van der Waals surface area contributed by atoms with Crippen LogP contribution in [-0.2, 0) is 28.5 Å². The van der Waals surface area contributed by atoms with Crippen molar-refractivity contribution in [1.29, 1.82) is 0 Å². The second kappa shape index (κ2) is 11.5. The molecule has 0 aromatic rings. The zero-order valence-electron chi connectivity index (χ0n) is 21.3. The van der Waals surface area contributed by atoms with Gasteiger partial charge in [-0.05, 0) is 79.6 Å². The normalized spacial score (nSPS) is 29.1. The van der Waals surface area contributed by atoms with E-state index < -0.39 is 11.4 Å². The number of hydrogen-bond acceptors (Lipinski definition) is 8. The van der Waals surface area contributed by atoms with Gasteiger partial charge in [-0.2, -0.15) is 0 Å². The molecule has 0 aromatic heterocycles. The number of carbonyl (C=O) groups excluding carboxylic acids is 2. The van der Waals surface area contributed by atoms with E-state index in [1.807, 2.05) is 34.6 Å². The molecule has 0 aromatic carbocycles. The van der Waals surface area contributed by atoms with Gasteiger partial charge in [-0.25, -0.2) is 4.79 Å². The first-order chi connectivity index (χ1) is 15.7. The van der Waals surface area contributed by atoms with Gasteiger partial charge in [0.1, 0.15) is 5.60 Å². The van der Waals surface area contributed by atoms with Crippen LogP contribution in [0.25, 0.3) is 0 Å². The molecule has 2 heterocycles. The first-order valence-corrected chi connectivity index (χ1v) is 12.9. The summed E-state index contributed by atoms with van der Waals surface area (Å²) in [5.74, 6) is -1.78. The number of hydrogen-bond donors (Lipinski definition) is 0. The Morgan fingerprint density at radius 3 is 2.09 bits per heavy atom. The van der Waals surface area contributed by atoms with Crippen molar-refractivity contribution in [2.75, 3.05) is 39.4 Å².